The number of fused-ring (bicyclic) bond motifs is 1. The third-order valence-corrected chi connectivity index (χ3v) is 6.64. The van der Waals surface area contributed by atoms with Crippen molar-refractivity contribution in [3.8, 4) is 0 Å². The van der Waals surface area contributed by atoms with E-state index in [-0.39, 0.29) is 23.9 Å². The fraction of sp³-hybridized carbons (Fsp3) is 0.684. The molecule has 26 heavy (non-hydrogen) atoms. The van der Waals surface area contributed by atoms with E-state index in [9.17, 15) is 4.79 Å². The van der Waals surface area contributed by atoms with Gasteiger partial charge in [-0.25, -0.2) is 4.99 Å². The number of likely N-dealkylation sites (N-methyl/N-ethyl adjacent to an activating group) is 1. The van der Waals surface area contributed by atoms with Crippen molar-refractivity contribution >= 4 is 23.2 Å². The van der Waals surface area contributed by atoms with Crippen LogP contribution >= 0.6 is 11.3 Å². The SMILES string of the molecule is CC(NC(=NCC(=O)N(C)C)NC1C2CCOC2C1(C)C)c1cccs1. The number of thiophene rings is 1. The van der Waals surface area contributed by atoms with Gasteiger partial charge >= 0.3 is 0 Å². The second kappa shape index (κ2) is 7.56. The lowest BCUT2D eigenvalue weighted by molar-refractivity contribution is -0.127. The third kappa shape index (κ3) is 3.74. The Bertz CT molecular complexity index is 657. The Kier molecular flexibility index (Phi) is 5.58. The highest BCUT2D eigenvalue weighted by Crippen LogP contribution is 2.52. The van der Waals surface area contributed by atoms with Crippen LogP contribution in [-0.2, 0) is 9.53 Å². The van der Waals surface area contributed by atoms with Crippen molar-refractivity contribution in [2.75, 3.05) is 27.2 Å². The first-order chi connectivity index (χ1) is 12.3. The maximum absolute atomic E-state index is 12.0. The number of ether oxygens (including phenoxy) is 1. The van der Waals surface area contributed by atoms with Crippen molar-refractivity contribution in [3.05, 3.63) is 22.4 Å². The highest BCUT2D eigenvalue weighted by atomic mass is 32.1. The van der Waals surface area contributed by atoms with Gasteiger partial charge in [-0.1, -0.05) is 19.9 Å². The van der Waals surface area contributed by atoms with E-state index in [1.54, 1.807) is 30.3 Å². The fourth-order valence-electron chi connectivity index (χ4n) is 4.00. The van der Waals surface area contributed by atoms with Gasteiger partial charge < -0.3 is 20.3 Å². The number of carbonyl (C=O) groups excluding carboxylic acids is 1. The highest BCUT2D eigenvalue weighted by Gasteiger charge is 2.59. The molecule has 6 nitrogen and oxygen atoms in total. The van der Waals surface area contributed by atoms with Crippen molar-refractivity contribution in [1.29, 1.82) is 0 Å². The molecular weight excluding hydrogens is 348 g/mol. The van der Waals surface area contributed by atoms with Gasteiger partial charge in [0.2, 0.25) is 5.91 Å². The topological polar surface area (TPSA) is 66.0 Å². The van der Waals surface area contributed by atoms with E-state index in [0.29, 0.717) is 24.0 Å². The number of rotatable bonds is 5. The molecule has 0 bridgehead atoms. The summed E-state index contributed by atoms with van der Waals surface area (Å²) in [5.74, 6) is 1.20. The molecule has 7 heteroatoms. The minimum absolute atomic E-state index is 0.00942. The molecule has 0 spiro atoms. The van der Waals surface area contributed by atoms with E-state index >= 15 is 0 Å². The Morgan fingerprint density at radius 3 is 2.92 bits per heavy atom. The van der Waals surface area contributed by atoms with Crippen LogP contribution in [0.1, 0.15) is 38.1 Å². The predicted molar refractivity (Wildman–Crippen MR) is 105 cm³/mol. The van der Waals surface area contributed by atoms with Crippen LogP contribution in [0.4, 0.5) is 0 Å². The predicted octanol–water partition coefficient (Wildman–Crippen LogP) is 2.25. The van der Waals surface area contributed by atoms with Crippen molar-refractivity contribution in [1.82, 2.24) is 15.5 Å². The molecule has 1 saturated carbocycles. The van der Waals surface area contributed by atoms with Crippen LogP contribution in [0.15, 0.2) is 22.5 Å². The molecule has 1 aliphatic carbocycles. The zero-order valence-electron chi connectivity index (χ0n) is 16.3. The van der Waals surface area contributed by atoms with Gasteiger partial charge in [-0.2, -0.15) is 0 Å². The van der Waals surface area contributed by atoms with E-state index in [2.05, 4.69) is 47.8 Å². The molecule has 0 radical (unpaired) electrons. The lowest BCUT2D eigenvalue weighted by atomic mass is 9.57. The average molecular weight is 379 g/mol. The molecule has 2 heterocycles. The van der Waals surface area contributed by atoms with Gasteiger partial charge in [-0.3, -0.25) is 4.79 Å². The maximum Gasteiger partial charge on any atom is 0.243 e. The first kappa shape index (κ1) is 19.2. The molecule has 1 aromatic rings. The Balaban J connectivity index is 1.72. The normalized spacial score (nSPS) is 28.0. The number of guanidine groups is 1. The van der Waals surface area contributed by atoms with Crippen molar-refractivity contribution in [2.24, 2.45) is 16.3 Å². The summed E-state index contributed by atoms with van der Waals surface area (Å²) in [5, 5.41) is 9.14. The van der Waals surface area contributed by atoms with Crippen LogP contribution < -0.4 is 10.6 Å². The smallest absolute Gasteiger partial charge is 0.243 e. The summed E-state index contributed by atoms with van der Waals surface area (Å²) >= 11 is 1.72. The molecule has 1 aromatic heterocycles. The van der Waals surface area contributed by atoms with Gasteiger partial charge in [0.25, 0.3) is 0 Å². The lowest BCUT2D eigenvalue weighted by Gasteiger charge is -2.55. The Labute approximate surface area is 160 Å². The average Bonchev–Trinajstić information content (AvgIpc) is 3.26. The minimum atomic E-state index is -0.00942. The van der Waals surface area contributed by atoms with Gasteiger partial charge in [-0.05, 0) is 24.8 Å². The Morgan fingerprint density at radius 2 is 2.27 bits per heavy atom. The van der Waals surface area contributed by atoms with Crippen LogP contribution in [-0.4, -0.2) is 56.2 Å². The molecule has 2 fully saturated rings. The molecule has 1 amide bonds. The summed E-state index contributed by atoms with van der Waals surface area (Å²) in [6, 6.07) is 4.59. The second-order valence-electron chi connectivity index (χ2n) is 8.02. The van der Waals surface area contributed by atoms with E-state index in [1.165, 1.54) is 4.88 Å². The number of hydrogen-bond donors (Lipinski definition) is 2. The van der Waals surface area contributed by atoms with Gasteiger partial charge in [0.15, 0.2) is 5.96 Å². The lowest BCUT2D eigenvalue weighted by Crippen LogP contribution is -2.68. The van der Waals surface area contributed by atoms with Gasteiger partial charge in [0.05, 0.1) is 12.1 Å². The summed E-state index contributed by atoms with van der Waals surface area (Å²) in [6.45, 7) is 7.56. The summed E-state index contributed by atoms with van der Waals surface area (Å²) in [6.07, 6.45) is 1.40. The number of amides is 1. The molecule has 4 atom stereocenters. The number of nitrogens with one attached hydrogen (secondary N) is 2. The van der Waals surface area contributed by atoms with Crippen molar-refractivity contribution in [2.45, 2.75) is 45.4 Å². The first-order valence-electron chi connectivity index (χ1n) is 9.23. The van der Waals surface area contributed by atoms with E-state index in [0.717, 1.165) is 13.0 Å². The van der Waals surface area contributed by atoms with Gasteiger partial charge in [-0.15, -0.1) is 11.3 Å². The molecule has 4 unspecified atom stereocenters. The number of nitrogens with zero attached hydrogens (tertiary/aromatic N) is 2. The first-order valence-corrected chi connectivity index (χ1v) is 10.1. The van der Waals surface area contributed by atoms with E-state index in [4.69, 9.17) is 4.74 Å². The maximum atomic E-state index is 12.0. The molecule has 0 aromatic carbocycles. The van der Waals surface area contributed by atoms with Crippen LogP contribution in [0.25, 0.3) is 0 Å². The quantitative estimate of drug-likeness (QED) is 0.609. The van der Waals surface area contributed by atoms with Crippen LogP contribution in [0.2, 0.25) is 0 Å². The zero-order chi connectivity index (χ0) is 18.9. The summed E-state index contributed by atoms with van der Waals surface area (Å²) in [5.41, 5.74) is 0.0569. The molecule has 1 saturated heterocycles. The fourth-order valence-corrected chi connectivity index (χ4v) is 4.73. The molecule has 3 rings (SSSR count). The standard InChI is InChI=1S/C19H30N4O2S/c1-12(14-7-6-10-26-14)21-18(20-11-15(24)23(4)5)22-16-13-8-9-25-17(13)19(16,2)3/h6-7,10,12-13,16-17H,8-9,11H2,1-5H3,(H2,20,21,22). The highest BCUT2D eigenvalue weighted by molar-refractivity contribution is 7.10. The van der Waals surface area contributed by atoms with E-state index < -0.39 is 0 Å². The Morgan fingerprint density at radius 1 is 1.50 bits per heavy atom. The number of hydrogen-bond acceptors (Lipinski definition) is 4. The largest absolute Gasteiger partial charge is 0.377 e. The molecule has 2 aliphatic rings. The van der Waals surface area contributed by atoms with Crippen LogP contribution in [0, 0.1) is 11.3 Å². The zero-order valence-corrected chi connectivity index (χ0v) is 17.1. The Hall–Kier alpha value is -1.60. The van der Waals surface area contributed by atoms with Gasteiger partial charge in [0.1, 0.15) is 6.54 Å². The van der Waals surface area contributed by atoms with Crippen molar-refractivity contribution in [3.63, 3.8) is 0 Å². The number of carbonyl (C=O) groups is 1. The van der Waals surface area contributed by atoms with E-state index in [1.807, 2.05) is 6.07 Å². The molecular formula is C19H30N4O2S. The van der Waals surface area contributed by atoms with Crippen LogP contribution in [0.3, 0.4) is 0 Å². The molecule has 1 aliphatic heterocycles. The summed E-state index contributed by atoms with van der Waals surface area (Å²) in [4.78, 5) is 19.4. The van der Waals surface area contributed by atoms with Gasteiger partial charge in [0, 0.05) is 43.0 Å². The second-order valence-corrected chi connectivity index (χ2v) is 9.00. The monoisotopic (exact) mass is 378 g/mol. The third-order valence-electron chi connectivity index (χ3n) is 5.59. The van der Waals surface area contributed by atoms with Crippen molar-refractivity contribution < 1.29 is 9.53 Å². The van der Waals surface area contributed by atoms with Crippen LogP contribution in [0.5, 0.6) is 0 Å². The summed E-state index contributed by atoms with van der Waals surface area (Å²) in [7, 11) is 3.50. The molecule has 2 N–H and O–H groups in total. The number of aliphatic imine (C=N–C) groups is 1. The minimum Gasteiger partial charge on any atom is -0.377 e. The molecule has 144 valence electrons. The summed E-state index contributed by atoms with van der Waals surface area (Å²) < 4.78 is 5.89.